The monoisotopic (exact) mass is 335 g/mol. The summed E-state index contributed by atoms with van der Waals surface area (Å²) in [6.45, 7) is 3.03. The molecule has 1 saturated heterocycles. The van der Waals surface area contributed by atoms with Crippen LogP contribution in [0.3, 0.4) is 0 Å². The van der Waals surface area contributed by atoms with Gasteiger partial charge in [0.15, 0.2) is 0 Å². The second kappa shape index (κ2) is 5.65. The van der Waals surface area contributed by atoms with Crippen molar-refractivity contribution >= 4 is 26.8 Å². The molecule has 0 bridgehead atoms. The minimum absolute atomic E-state index is 0.0572. The molecule has 2 N–H and O–H groups in total. The molecule has 1 aliphatic rings. The van der Waals surface area contributed by atoms with E-state index in [1.807, 2.05) is 36.7 Å². The fourth-order valence-corrected chi connectivity index (χ4v) is 4.25. The molecule has 0 radical (unpaired) electrons. The molecule has 23 heavy (non-hydrogen) atoms. The van der Waals surface area contributed by atoms with Crippen LogP contribution >= 0.6 is 0 Å². The van der Waals surface area contributed by atoms with E-state index >= 15 is 0 Å². The minimum Gasteiger partial charge on any atom is -0.340 e. The molecular formula is C16H21N3O3S. The number of sulfonamides is 1. The summed E-state index contributed by atoms with van der Waals surface area (Å²) < 4.78 is 24.3. The van der Waals surface area contributed by atoms with Crippen molar-refractivity contribution in [3.8, 4) is 0 Å². The van der Waals surface area contributed by atoms with E-state index in [0.29, 0.717) is 25.2 Å². The van der Waals surface area contributed by atoms with Crippen molar-refractivity contribution in [1.29, 1.82) is 0 Å². The third-order valence-electron chi connectivity index (χ3n) is 4.46. The number of aryl methyl sites for hydroxylation is 2. The Kier molecular flexibility index (Phi) is 3.93. The van der Waals surface area contributed by atoms with Crippen LogP contribution in [0.4, 0.5) is 0 Å². The third kappa shape index (κ3) is 3.25. The number of primary sulfonamides is 1. The van der Waals surface area contributed by atoms with Gasteiger partial charge in [0.25, 0.3) is 5.91 Å². The molecule has 1 fully saturated rings. The first-order valence-electron chi connectivity index (χ1n) is 7.60. The van der Waals surface area contributed by atoms with E-state index in [-0.39, 0.29) is 17.6 Å². The molecular weight excluding hydrogens is 314 g/mol. The first kappa shape index (κ1) is 16.0. The van der Waals surface area contributed by atoms with Crippen LogP contribution in [0.25, 0.3) is 10.9 Å². The van der Waals surface area contributed by atoms with Gasteiger partial charge in [0.2, 0.25) is 10.0 Å². The zero-order valence-corrected chi connectivity index (χ0v) is 14.1. The summed E-state index contributed by atoms with van der Waals surface area (Å²) in [6, 6.07) is 7.99. The molecule has 0 unspecified atom stereocenters. The van der Waals surface area contributed by atoms with Crippen molar-refractivity contribution in [3.05, 3.63) is 35.5 Å². The van der Waals surface area contributed by atoms with Crippen LogP contribution in [0.5, 0.6) is 0 Å². The summed E-state index contributed by atoms with van der Waals surface area (Å²) in [6.07, 6.45) is 0.672. The quantitative estimate of drug-likeness (QED) is 0.915. The van der Waals surface area contributed by atoms with E-state index in [9.17, 15) is 13.2 Å². The van der Waals surface area contributed by atoms with Crippen LogP contribution in [-0.4, -0.2) is 42.6 Å². The Morgan fingerprint density at radius 3 is 2.78 bits per heavy atom. The standard InChI is InChI=1S/C16H21N3O3S/c1-11-3-4-14-13(7-11)8-15(18(14)2)16(20)19-6-5-12(9-19)10-23(17,21)22/h3-4,7-8,12H,5-6,9-10H2,1-2H3,(H2,17,21,22)/t12-/m1/s1. The van der Waals surface area contributed by atoms with Gasteiger partial charge in [-0.2, -0.15) is 0 Å². The number of likely N-dealkylation sites (tertiary alicyclic amines) is 1. The maximum absolute atomic E-state index is 12.8. The number of nitrogens with two attached hydrogens (primary N) is 1. The number of hydrogen-bond donors (Lipinski definition) is 1. The Labute approximate surface area is 135 Å². The molecule has 1 aromatic heterocycles. The van der Waals surface area contributed by atoms with Gasteiger partial charge in [-0.15, -0.1) is 0 Å². The molecule has 1 aromatic carbocycles. The molecule has 2 heterocycles. The van der Waals surface area contributed by atoms with Crippen molar-refractivity contribution in [3.63, 3.8) is 0 Å². The fraction of sp³-hybridized carbons (Fsp3) is 0.438. The summed E-state index contributed by atoms with van der Waals surface area (Å²) in [5.74, 6) is -0.199. The third-order valence-corrected chi connectivity index (χ3v) is 5.39. The van der Waals surface area contributed by atoms with Crippen LogP contribution in [0, 0.1) is 12.8 Å². The molecule has 124 valence electrons. The predicted octanol–water partition coefficient (Wildman–Crippen LogP) is 1.24. The maximum atomic E-state index is 12.8. The van der Waals surface area contributed by atoms with E-state index in [1.54, 1.807) is 4.90 Å². The zero-order chi connectivity index (χ0) is 16.8. The topological polar surface area (TPSA) is 85.4 Å². The van der Waals surface area contributed by atoms with E-state index in [1.165, 1.54) is 0 Å². The molecule has 3 rings (SSSR count). The molecule has 7 heteroatoms. The van der Waals surface area contributed by atoms with Gasteiger partial charge >= 0.3 is 0 Å². The number of carbonyl (C=O) groups is 1. The Morgan fingerprint density at radius 2 is 2.09 bits per heavy atom. The lowest BCUT2D eigenvalue weighted by molar-refractivity contribution is 0.0779. The number of benzene rings is 1. The molecule has 1 atom stereocenters. The molecule has 1 aliphatic heterocycles. The molecule has 2 aromatic rings. The molecule has 1 amide bonds. The summed E-state index contributed by atoms with van der Waals surface area (Å²) in [7, 11) is -1.62. The zero-order valence-electron chi connectivity index (χ0n) is 13.3. The van der Waals surface area contributed by atoms with Crippen LogP contribution in [0.1, 0.15) is 22.5 Å². The van der Waals surface area contributed by atoms with Crippen molar-refractivity contribution in [2.75, 3.05) is 18.8 Å². The lowest BCUT2D eigenvalue weighted by atomic mass is 10.2. The van der Waals surface area contributed by atoms with Gasteiger partial charge < -0.3 is 9.47 Å². The van der Waals surface area contributed by atoms with Gasteiger partial charge in [0.05, 0.1) is 5.75 Å². The highest BCUT2D eigenvalue weighted by atomic mass is 32.2. The second-order valence-electron chi connectivity index (χ2n) is 6.39. The molecule has 0 spiro atoms. The summed E-state index contributed by atoms with van der Waals surface area (Å²) in [4.78, 5) is 14.5. The van der Waals surface area contributed by atoms with Crippen LogP contribution < -0.4 is 5.14 Å². The van der Waals surface area contributed by atoms with Gasteiger partial charge in [-0.25, -0.2) is 13.6 Å². The van der Waals surface area contributed by atoms with Crippen molar-refractivity contribution < 1.29 is 13.2 Å². The van der Waals surface area contributed by atoms with Crippen molar-refractivity contribution in [1.82, 2.24) is 9.47 Å². The average molecular weight is 335 g/mol. The number of nitrogens with zero attached hydrogens (tertiary/aromatic N) is 2. The number of rotatable bonds is 3. The van der Waals surface area contributed by atoms with Crippen molar-refractivity contribution in [2.45, 2.75) is 13.3 Å². The van der Waals surface area contributed by atoms with Gasteiger partial charge in [-0.1, -0.05) is 11.6 Å². The Morgan fingerprint density at radius 1 is 1.35 bits per heavy atom. The largest absolute Gasteiger partial charge is 0.340 e. The normalized spacial score (nSPS) is 18.7. The Balaban J connectivity index is 1.83. The second-order valence-corrected chi connectivity index (χ2v) is 8.05. The Bertz CT molecular complexity index is 870. The van der Waals surface area contributed by atoms with E-state index in [2.05, 4.69) is 6.07 Å². The van der Waals surface area contributed by atoms with Gasteiger partial charge in [-0.3, -0.25) is 4.79 Å². The fourth-order valence-electron chi connectivity index (χ4n) is 3.32. The van der Waals surface area contributed by atoms with E-state index in [0.717, 1.165) is 16.5 Å². The smallest absolute Gasteiger partial charge is 0.270 e. The van der Waals surface area contributed by atoms with E-state index < -0.39 is 10.0 Å². The summed E-state index contributed by atoms with van der Waals surface area (Å²) in [5.41, 5.74) is 2.79. The number of carbonyl (C=O) groups excluding carboxylic acids is 1. The SMILES string of the molecule is Cc1ccc2c(c1)cc(C(=O)N1CC[C@@H](CS(N)(=O)=O)C1)n2C. The number of hydrogen-bond acceptors (Lipinski definition) is 3. The van der Waals surface area contributed by atoms with E-state index in [4.69, 9.17) is 5.14 Å². The van der Waals surface area contributed by atoms with Crippen LogP contribution in [0.2, 0.25) is 0 Å². The van der Waals surface area contributed by atoms with Gasteiger partial charge in [0.1, 0.15) is 5.69 Å². The first-order chi connectivity index (χ1) is 10.7. The van der Waals surface area contributed by atoms with Crippen LogP contribution in [0.15, 0.2) is 24.3 Å². The maximum Gasteiger partial charge on any atom is 0.270 e. The molecule has 6 nitrogen and oxygen atoms in total. The van der Waals surface area contributed by atoms with Gasteiger partial charge in [-0.05, 0) is 37.5 Å². The highest BCUT2D eigenvalue weighted by Gasteiger charge is 2.30. The number of amides is 1. The van der Waals surface area contributed by atoms with Gasteiger partial charge in [0, 0.05) is 31.0 Å². The predicted molar refractivity (Wildman–Crippen MR) is 89.6 cm³/mol. The average Bonchev–Trinajstić information content (AvgIpc) is 3.01. The summed E-state index contributed by atoms with van der Waals surface area (Å²) in [5, 5.41) is 6.14. The Hall–Kier alpha value is -1.86. The highest BCUT2D eigenvalue weighted by molar-refractivity contribution is 7.89. The number of aromatic nitrogens is 1. The first-order valence-corrected chi connectivity index (χ1v) is 9.32. The summed E-state index contributed by atoms with van der Waals surface area (Å²) >= 11 is 0. The lowest BCUT2D eigenvalue weighted by Crippen LogP contribution is -2.31. The van der Waals surface area contributed by atoms with Crippen LogP contribution in [-0.2, 0) is 17.1 Å². The minimum atomic E-state index is -3.50. The molecule has 0 saturated carbocycles. The lowest BCUT2D eigenvalue weighted by Gasteiger charge is -2.16. The number of fused-ring (bicyclic) bond motifs is 1. The highest BCUT2D eigenvalue weighted by Crippen LogP contribution is 2.24. The van der Waals surface area contributed by atoms with Crippen molar-refractivity contribution in [2.24, 2.45) is 18.1 Å². The molecule has 0 aliphatic carbocycles.